The predicted octanol–water partition coefficient (Wildman–Crippen LogP) is 7.02. The number of methoxy groups -OCH3 is 1. The average molecular weight is 658 g/mol. The van der Waals surface area contributed by atoms with Crippen molar-refractivity contribution in [3.05, 3.63) is 83.3 Å². The number of hydrogen-bond donors (Lipinski definition) is 3. The van der Waals surface area contributed by atoms with Gasteiger partial charge in [-0.15, -0.1) is 0 Å². The van der Waals surface area contributed by atoms with Crippen LogP contribution in [0.25, 0.3) is 22.4 Å². The summed E-state index contributed by atoms with van der Waals surface area (Å²) in [5.41, 5.74) is 0.177. The van der Waals surface area contributed by atoms with Crippen LogP contribution in [0.4, 0.5) is 16.3 Å². The zero-order chi connectivity index (χ0) is 33.9. The molecule has 0 spiro atoms. The SMILES string of the molecule is COCOc1cc(Cl)ccc1-c1cc(-c2cccc(NC(=O)C3(N(C(=O)O)C(C)(C)C)CC3)c2)c(C#N)c(NC(=O)c2ccco2)n1. The maximum atomic E-state index is 13.6. The summed E-state index contributed by atoms with van der Waals surface area (Å²) >= 11 is 6.25. The van der Waals surface area contributed by atoms with Gasteiger partial charge in [-0.2, -0.15) is 5.26 Å². The van der Waals surface area contributed by atoms with Crippen molar-refractivity contribution in [2.45, 2.75) is 44.7 Å². The van der Waals surface area contributed by atoms with Crippen LogP contribution in [0.15, 0.2) is 71.3 Å². The zero-order valence-corrected chi connectivity index (χ0v) is 26.8. The van der Waals surface area contributed by atoms with Crippen LogP contribution in [0, 0.1) is 11.3 Å². The van der Waals surface area contributed by atoms with Gasteiger partial charge in [0.05, 0.1) is 12.0 Å². The van der Waals surface area contributed by atoms with Crippen LogP contribution in [0.1, 0.15) is 49.7 Å². The van der Waals surface area contributed by atoms with E-state index in [4.69, 9.17) is 25.5 Å². The first-order valence-corrected chi connectivity index (χ1v) is 14.9. The molecule has 0 saturated heterocycles. The number of pyridine rings is 1. The Morgan fingerprint density at radius 3 is 2.47 bits per heavy atom. The fourth-order valence-corrected chi connectivity index (χ4v) is 5.60. The molecule has 47 heavy (non-hydrogen) atoms. The van der Waals surface area contributed by atoms with Crippen molar-refractivity contribution in [3.8, 4) is 34.2 Å². The van der Waals surface area contributed by atoms with E-state index < -0.39 is 29.0 Å². The van der Waals surface area contributed by atoms with Gasteiger partial charge in [-0.1, -0.05) is 23.7 Å². The highest BCUT2D eigenvalue weighted by Gasteiger charge is 2.59. The van der Waals surface area contributed by atoms with Crippen LogP contribution in [0.2, 0.25) is 5.02 Å². The summed E-state index contributed by atoms with van der Waals surface area (Å²) in [6, 6.07) is 18.6. The molecule has 3 N–H and O–H groups in total. The Hall–Kier alpha value is -5.38. The number of furan rings is 1. The number of rotatable bonds is 10. The highest BCUT2D eigenvalue weighted by Crippen LogP contribution is 2.46. The number of carboxylic acid groups (broad SMARTS) is 1. The van der Waals surface area contributed by atoms with Gasteiger partial charge in [0.15, 0.2) is 18.4 Å². The first kappa shape index (κ1) is 33.0. The monoisotopic (exact) mass is 657 g/mol. The maximum Gasteiger partial charge on any atom is 0.408 e. The Labute approximate surface area is 275 Å². The largest absolute Gasteiger partial charge is 0.467 e. The van der Waals surface area contributed by atoms with Gasteiger partial charge in [0, 0.05) is 34.5 Å². The minimum atomic E-state index is -1.20. The van der Waals surface area contributed by atoms with Crippen LogP contribution in [0.5, 0.6) is 5.75 Å². The van der Waals surface area contributed by atoms with Crippen LogP contribution in [-0.4, -0.2) is 57.9 Å². The molecule has 0 bridgehead atoms. The summed E-state index contributed by atoms with van der Waals surface area (Å²) in [6.07, 6.45) is 0.955. The molecule has 13 heteroatoms. The molecule has 2 aromatic heterocycles. The minimum Gasteiger partial charge on any atom is -0.467 e. The Kier molecular flexibility index (Phi) is 9.24. The quantitative estimate of drug-likeness (QED) is 0.152. The fraction of sp³-hybridized carbons (Fsp3) is 0.265. The molecule has 12 nitrogen and oxygen atoms in total. The summed E-state index contributed by atoms with van der Waals surface area (Å²) < 4.78 is 16.1. The van der Waals surface area contributed by atoms with Gasteiger partial charge in [-0.05, 0) is 87.7 Å². The topological polar surface area (TPSA) is 167 Å². The number of carbonyl (C=O) groups excluding carboxylic acids is 2. The second-order valence-corrected chi connectivity index (χ2v) is 12.3. The normalized spacial score (nSPS) is 13.3. The van der Waals surface area contributed by atoms with Gasteiger partial charge in [-0.3, -0.25) is 14.5 Å². The van der Waals surface area contributed by atoms with Gasteiger partial charge in [0.2, 0.25) is 0 Å². The number of carbonyl (C=O) groups is 3. The van der Waals surface area contributed by atoms with E-state index in [1.807, 2.05) is 0 Å². The summed E-state index contributed by atoms with van der Waals surface area (Å²) in [4.78, 5) is 44.6. The summed E-state index contributed by atoms with van der Waals surface area (Å²) in [6.45, 7) is 5.16. The number of ether oxygens (including phenoxy) is 2. The Bertz CT molecular complexity index is 1870. The molecule has 5 rings (SSSR count). The first-order chi connectivity index (χ1) is 22.4. The van der Waals surface area contributed by atoms with Crippen molar-refractivity contribution in [2.24, 2.45) is 0 Å². The molecule has 0 aliphatic heterocycles. The standard InChI is InChI=1S/C34H32ClN5O7/c1-33(2,3)40(32(43)44)34(12-13-34)31(42)37-22-8-5-7-20(15-22)24-17-26(23-11-10-21(35)16-28(23)47-19-45-4)38-29(25(24)18-36)39-30(41)27-9-6-14-46-27/h5-11,14-17H,12-13,19H2,1-4H3,(H,37,42)(H,43,44)(H,38,39,41). The fourth-order valence-electron chi connectivity index (χ4n) is 5.44. The molecule has 3 amide bonds. The number of nitriles is 1. The maximum absolute atomic E-state index is 13.6. The molecule has 4 aromatic rings. The summed E-state index contributed by atoms with van der Waals surface area (Å²) in [5, 5.41) is 26.3. The average Bonchev–Trinajstić information content (AvgIpc) is 3.60. The molecule has 242 valence electrons. The minimum absolute atomic E-state index is 0.0163. The summed E-state index contributed by atoms with van der Waals surface area (Å²) in [5.74, 6) is -0.740. The van der Waals surface area contributed by atoms with E-state index in [1.165, 1.54) is 24.3 Å². The number of nitrogens with zero attached hydrogens (tertiary/aromatic N) is 3. The molecule has 1 saturated carbocycles. The van der Waals surface area contributed by atoms with E-state index in [0.29, 0.717) is 51.7 Å². The Morgan fingerprint density at radius 1 is 1.09 bits per heavy atom. The molecule has 0 radical (unpaired) electrons. The number of amides is 3. The molecule has 2 aromatic carbocycles. The third kappa shape index (κ3) is 6.91. The number of anilines is 2. The lowest BCUT2D eigenvalue weighted by molar-refractivity contribution is -0.124. The lowest BCUT2D eigenvalue weighted by Crippen LogP contribution is -2.57. The third-order valence-corrected chi connectivity index (χ3v) is 7.76. The van der Waals surface area contributed by atoms with E-state index in [1.54, 1.807) is 75.4 Å². The number of halogens is 1. The van der Waals surface area contributed by atoms with Gasteiger partial charge < -0.3 is 29.6 Å². The van der Waals surface area contributed by atoms with E-state index in [9.17, 15) is 24.8 Å². The number of hydrogen-bond acceptors (Lipinski definition) is 8. The van der Waals surface area contributed by atoms with Gasteiger partial charge in [0.25, 0.3) is 11.8 Å². The van der Waals surface area contributed by atoms with E-state index in [0.717, 1.165) is 0 Å². The Morgan fingerprint density at radius 2 is 1.85 bits per heavy atom. The van der Waals surface area contributed by atoms with Crippen molar-refractivity contribution in [2.75, 3.05) is 24.5 Å². The molecule has 1 aliphatic carbocycles. The second-order valence-electron chi connectivity index (χ2n) is 11.9. The van der Waals surface area contributed by atoms with E-state index >= 15 is 0 Å². The van der Waals surface area contributed by atoms with Crippen molar-refractivity contribution >= 4 is 41.0 Å². The van der Waals surface area contributed by atoms with Crippen LogP contribution in [0.3, 0.4) is 0 Å². The van der Waals surface area contributed by atoms with Crippen LogP contribution < -0.4 is 15.4 Å². The molecule has 0 atom stereocenters. The van der Waals surface area contributed by atoms with Crippen molar-refractivity contribution in [3.63, 3.8) is 0 Å². The third-order valence-electron chi connectivity index (χ3n) is 7.53. The highest BCUT2D eigenvalue weighted by atomic mass is 35.5. The van der Waals surface area contributed by atoms with Gasteiger partial charge in [0.1, 0.15) is 22.9 Å². The van der Waals surface area contributed by atoms with Crippen LogP contribution >= 0.6 is 11.6 Å². The highest BCUT2D eigenvalue weighted by molar-refractivity contribution is 6.30. The summed E-state index contributed by atoms with van der Waals surface area (Å²) in [7, 11) is 1.48. The zero-order valence-electron chi connectivity index (χ0n) is 26.1. The van der Waals surface area contributed by atoms with E-state index in [-0.39, 0.29) is 23.9 Å². The smallest absolute Gasteiger partial charge is 0.408 e. The molecule has 0 unspecified atom stereocenters. The van der Waals surface area contributed by atoms with Crippen molar-refractivity contribution in [1.82, 2.24) is 9.88 Å². The molecular formula is C34H32ClN5O7. The van der Waals surface area contributed by atoms with Gasteiger partial charge >= 0.3 is 6.09 Å². The molecular weight excluding hydrogens is 626 g/mol. The lowest BCUT2D eigenvalue weighted by atomic mass is 9.97. The molecule has 1 aliphatic rings. The predicted molar refractivity (Wildman–Crippen MR) is 174 cm³/mol. The van der Waals surface area contributed by atoms with Crippen molar-refractivity contribution in [1.29, 1.82) is 5.26 Å². The van der Waals surface area contributed by atoms with Crippen molar-refractivity contribution < 1.29 is 33.4 Å². The molecule has 2 heterocycles. The number of benzene rings is 2. The first-order valence-electron chi connectivity index (χ1n) is 14.5. The lowest BCUT2D eigenvalue weighted by Gasteiger charge is -2.39. The second kappa shape index (κ2) is 13.2. The van der Waals surface area contributed by atoms with E-state index in [2.05, 4.69) is 21.7 Å². The van der Waals surface area contributed by atoms with Crippen LogP contribution in [-0.2, 0) is 9.53 Å². The molecule has 1 fully saturated rings. The van der Waals surface area contributed by atoms with Gasteiger partial charge in [-0.25, -0.2) is 9.78 Å². The number of nitrogens with one attached hydrogen (secondary N) is 2. The number of aromatic nitrogens is 1. The Balaban J connectivity index is 1.59.